The number of allylic oxidation sites excluding steroid dienone is 1. The van der Waals surface area contributed by atoms with Gasteiger partial charge in [-0.2, -0.15) is 5.26 Å². The third kappa shape index (κ3) is 2.72. The van der Waals surface area contributed by atoms with E-state index in [1.54, 1.807) is 24.5 Å². The molecular formula is C14H9ClN2. The average molecular weight is 241 g/mol. The lowest BCUT2D eigenvalue weighted by atomic mass is 10.0. The number of hydrogen-bond acceptors (Lipinski definition) is 2. The quantitative estimate of drug-likeness (QED) is 0.749. The number of nitrogens with zero attached hydrogens (tertiary/aromatic N) is 2. The Morgan fingerprint density at radius 3 is 2.53 bits per heavy atom. The summed E-state index contributed by atoms with van der Waals surface area (Å²) in [6.45, 7) is 0. The van der Waals surface area contributed by atoms with Crippen molar-refractivity contribution in [2.75, 3.05) is 0 Å². The van der Waals surface area contributed by atoms with Crippen molar-refractivity contribution in [3.8, 4) is 6.07 Å². The van der Waals surface area contributed by atoms with Crippen LogP contribution in [0.25, 0.3) is 11.6 Å². The van der Waals surface area contributed by atoms with Gasteiger partial charge in [-0.3, -0.25) is 4.98 Å². The molecule has 2 nitrogen and oxygen atoms in total. The second-order valence-electron chi connectivity index (χ2n) is 3.43. The zero-order valence-electron chi connectivity index (χ0n) is 8.97. The molecule has 0 radical (unpaired) electrons. The summed E-state index contributed by atoms with van der Waals surface area (Å²) in [5.74, 6) is 0. The van der Waals surface area contributed by atoms with E-state index < -0.39 is 0 Å². The zero-order chi connectivity index (χ0) is 12.1. The average Bonchev–Trinajstić information content (AvgIpc) is 2.38. The van der Waals surface area contributed by atoms with Crippen LogP contribution in [0.2, 0.25) is 5.02 Å². The Balaban J connectivity index is 2.46. The van der Waals surface area contributed by atoms with Crippen molar-refractivity contribution < 1.29 is 0 Å². The van der Waals surface area contributed by atoms with Crippen molar-refractivity contribution in [1.29, 1.82) is 5.26 Å². The number of benzene rings is 1. The van der Waals surface area contributed by atoms with Crippen molar-refractivity contribution in [3.05, 3.63) is 64.9 Å². The molecule has 2 aromatic rings. The Morgan fingerprint density at radius 2 is 1.88 bits per heavy atom. The molecule has 2 rings (SSSR count). The number of aromatic nitrogens is 1. The van der Waals surface area contributed by atoms with Crippen molar-refractivity contribution in [2.45, 2.75) is 0 Å². The standard InChI is InChI=1S/C14H9ClN2/c15-14-4-2-1-3-13(14)12(10-16)9-11-5-7-17-8-6-11/h1-9H. The van der Waals surface area contributed by atoms with E-state index >= 15 is 0 Å². The molecule has 1 aromatic heterocycles. The third-order valence-electron chi connectivity index (χ3n) is 2.30. The molecule has 1 heterocycles. The fraction of sp³-hybridized carbons (Fsp3) is 0. The Morgan fingerprint density at radius 1 is 1.18 bits per heavy atom. The number of pyridine rings is 1. The summed E-state index contributed by atoms with van der Waals surface area (Å²) in [7, 11) is 0. The van der Waals surface area contributed by atoms with E-state index in [9.17, 15) is 5.26 Å². The molecule has 0 aliphatic heterocycles. The van der Waals surface area contributed by atoms with Gasteiger partial charge in [-0.25, -0.2) is 0 Å². The Labute approximate surface area is 105 Å². The molecular weight excluding hydrogens is 232 g/mol. The molecule has 1 aromatic carbocycles. The topological polar surface area (TPSA) is 36.7 Å². The molecule has 0 aliphatic rings. The van der Waals surface area contributed by atoms with Crippen molar-refractivity contribution in [2.24, 2.45) is 0 Å². The van der Waals surface area contributed by atoms with Gasteiger partial charge in [0.1, 0.15) is 0 Å². The van der Waals surface area contributed by atoms with Crippen LogP contribution in [0.15, 0.2) is 48.8 Å². The first-order valence-electron chi connectivity index (χ1n) is 5.08. The van der Waals surface area contributed by atoms with Gasteiger partial charge >= 0.3 is 0 Å². The summed E-state index contributed by atoms with van der Waals surface area (Å²) in [5, 5.41) is 9.75. The smallest absolute Gasteiger partial charge is 0.0998 e. The fourth-order valence-corrected chi connectivity index (χ4v) is 1.71. The summed E-state index contributed by atoms with van der Waals surface area (Å²) in [6.07, 6.45) is 5.17. The van der Waals surface area contributed by atoms with Gasteiger partial charge in [-0.15, -0.1) is 0 Å². The molecule has 82 valence electrons. The fourth-order valence-electron chi connectivity index (χ4n) is 1.48. The summed E-state index contributed by atoms with van der Waals surface area (Å²) in [4.78, 5) is 3.93. The first-order chi connectivity index (χ1) is 8.31. The zero-order valence-corrected chi connectivity index (χ0v) is 9.72. The Hall–Kier alpha value is -2.11. The molecule has 0 fully saturated rings. The monoisotopic (exact) mass is 240 g/mol. The number of nitriles is 1. The van der Waals surface area contributed by atoms with Gasteiger partial charge in [0.25, 0.3) is 0 Å². The van der Waals surface area contributed by atoms with Crippen LogP contribution in [0, 0.1) is 11.3 Å². The van der Waals surface area contributed by atoms with E-state index in [1.807, 2.05) is 30.3 Å². The van der Waals surface area contributed by atoms with Crippen molar-refractivity contribution in [3.63, 3.8) is 0 Å². The van der Waals surface area contributed by atoms with E-state index in [1.165, 1.54) is 0 Å². The van der Waals surface area contributed by atoms with Crippen LogP contribution < -0.4 is 0 Å². The predicted molar refractivity (Wildman–Crippen MR) is 69.2 cm³/mol. The largest absolute Gasteiger partial charge is 0.265 e. The van der Waals surface area contributed by atoms with Gasteiger partial charge in [-0.05, 0) is 29.8 Å². The van der Waals surface area contributed by atoms with E-state index in [2.05, 4.69) is 11.1 Å². The van der Waals surface area contributed by atoms with Crippen LogP contribution in [-0.4, -0.2) is 4.98 Å². The minimum absolute atomic E-state index is 0.543. The molecule has 0 aliphatic carbocycles. The molecule has 3 heteroatoms. The minimum atomic E-state index is 0.543. The van der Waals surface area contributed by atoms with Crippen molar-refractivity contribution in [1.82, 2.24) is 4.98 Å². The van der Waals surface area contributed by atoms with Gasteiger partial charge in [0.2, 0.25) is 0 Å². The van der Waals surface area contributed by atoms with E-state index in [0.29, 0.717) is 10.6 Å². The van der Waals surface area contributed by atoms with E-state index in [0.717, 1.165) is 11.1 Å². The van der Waals surface area contributed by atoms with Crippen LogP contribution in [0.3, 0.4) is 0 Å². The second kappa shape index (κ2) is 5.29. The summed E-state index contributed by atoms with van der Waals surface area (Å²) in [5.41, 5.74) is 2.21. The molecule has 0 atom stereocenters. The third-order valence-corrected chi connectivity index (χ3v) is 2.63. The SMILES string of the molecule is N#CC(=Cc1ccncc1)c1ccccc1Cl. The molecule has 17 heavy (non-hydrogen) atoms. The molecule has 0 unspecified atom stereocenters. The summed E-state index contributed by atoms with van der Waals surface area (Å²) in [6, 6.07) is 13.2. The maximum absolute atomic E-state index is 9.17. The molecule has 0 saturated heterocycles. The maximum Gasteiger partial charge on any atom is 0.0998 e. The maximum atomic E-state index is 9.17. The lowest BCUT2D eigenvalue weighted by Gasteiger charge is -2.01. The highest BCUT2D eigenvalue weighted by Gasteiger charge is 2.04. The number of hydrogen-bond donors (Lipinski definition) is 0. The first kappa shape index (κ1) is 11.4. The van der Waals surface area contributed by atoms with Crippen LogP contribution >= 0.6 is 11.6 Å². The second-order valence-corrected chi connectivity index (χ2v) is 3.84. The lowest BCUT2D eigenvalue weighted by Crippen LogP contribution is -1.83. The van der Waals surface area contributed by atoms with Crippen LogP contribution in [-0.2, 0) is 0 Å². The molecule has 0 saturated carbocycles. The highest BCUT2D eigenvalue weighted by Crippen LogP contribution is 2.24. The molecule has 0 spiro atoms. The Kier molecular flexibility index (Phi) is 3.54. The number of halogens is 1. The van der Waals surface area contributed by atoms with Gasteiger partial charge in [0.15, 0.2) is 0 Å². The highest BCUT2D eigenvalue weighted by molar-refractivity contribution is 6.32. The van der Waals surface area contributed by atoms with E-state index in [4.69, 9.17) is 11.6 Å². The molecule has 0 amide bonds. The van der Waals surface area contributed by atoms with Gasteiger partial charge in [0.05, 0.1) is 11.6 Å². The minimum Gasteiger partial charge on any atom is -0.265 e. The van der Waals surface area contributed by atoms with Crippen LogP contribution in [0.4, 0.5) is 0 Å². The molecule has 0 bridgehead atoms. The van der Waals surface area contributed by atoms with Gasteiger partial charge in [0, 0.05) is 23.0 Å². The van der Waals surface area contributed by atoms with Gasteiger partial charge in [-0.1, -0.05) is 29.8 Å². The van der Waals surface area contributed by atoms with E-state index in [-0.39, 0.29) is 0 Å². The summed E-state index contributed by atoms with van der Waals surface area (Å²) < 4.78 is 0. The van der Waals surface area contributed by atoms with Crippen molar-refractivity contribution >= 4 is 23.3 Å². The Bertz CT molecular complexity index is 583. The number of rotatable bonds is 2. The normalized spacial score (nSPS) is 10.9. The predicted octanol–water partition coefficient (Wildman–Crippen LogP) is 3.80. The van der Waals surface area contributed by atoms with Gasteiger partial charge < -0.3 is 0 Å². The lowest BCUT2D eigenvalue weighted by molar-refractivity contribution is 1.32. The van der Waals surface area contributed by atoms with Crippen LogP contribution in [0.5, 0.6) is 0 Å². The first-order valence-corrected chi connectivity index (χ1v) is 5.46. The molecule has 0 N–H and O–H groups in total. The highest BCUT2D eigenvalue weighted by atomic mass is 35.5. The summed E-state index contributed by atoms with van der Waals surface area (Å²) >= 11 is 6.06. The van der Waals surface area contributed by atoms with Crippen LogP contribution in [0.1, 0.15) is 11.1 Å².